The van der Waals surface area contributed by atoms with Gasteiger partial charge in [-0.25, -0.2) is 9.98 Å². The Morgan fingerprint density at radius 3 is 3.08 bits per heavy atom. The van der Waals surface area contributed by atoms with Gasteiger partial charge in [0.25, 0.3) is 0 Å². The second-order valence-corrected chi connectivity index (χ2v) is 3.01. The maximum Gasteiger partial charge on any atom is 0.156 e. The molecule has 0 spiro atoms. The Labute approximate surface area is 77.0 Å². The molecule has 0 aliphatic heterocycles. The maximum atomic E-state index is 4.16. The molecule has 1 aromatic heterocycles. The van der Waals surface area contributed by atoms with Crippen molar-refractivity contribution in [1.82, 2.24) is 9.97 Å². The molecular formula is C8H11N3S. The van der Waals surface area contributed by atoms with E-state index < -0.39 is 0 Å². The van der Waals surface area contributed by atoms with Crippen molar-refractivity contribution in [3.8, 4) is 0 Å². The van der Waals surface area contributed by atoms with Gasteiger partial charge in [-0.15, -0.1) is 12.6 Å². The van der Waals surface area contributed by atoms with E-state index in [0.29, 0.717) is 0 Å². The summed E-state index contributed by atoms with van der Waals surface area (Å²) in [4.78, 5) is 12.0. The van der Waals surface area contributed by atoms with Crippen LogP contribution in [-0.4, -0.2) is 16.2 Å². The Morgan fingerprint density at radius 2 is 2.50 bits per heavy atom. The minimum Gasteiger partial charge on any atom is -0.329 e. The molecule has 1 heterocycles. The van der Waals surface area contributed by atoms with Gasteiger partial charge >= 0.3 is 0 Å². The summed E-state index contributed by atoms with van der Waals surface area (Å²) in [6, 6.07) is 0. The van der Waals surface area contributed by atoms with Crippen LogP contribution in [0.25, 0.3) is 6.08 Å². The normalized spacial score (nSPS) is 12.8. The number of thiol groups is 1. The number of nitrogens with one attached hydrogen (secondary N) is 1. The molecule has 12 heavy (non-hydrogen) atoms. The van der Waals surface area contributed by atoms with Gasteiger partial charge in [-0.05, 0) is 24.8 Å². The maximum absolute atomic E-state index is 4.16. The van der Waals surface area contributed by atoms with Gasteiger partial charge in [-0.3, -0.25) is 0 Å². The molecule has 0 aliphatic rings. The summed E-state index contributed by atoms with van der Waals surface area (Å²) in [6.07, 6.45) is 5.20. The molecule has 4 heteroatoms. The summed E-state index contributed by atoms with van der Waals surface area (Å²) >= 11 is 4.16. The summed E-state index contributed by atoms with van der Waals surface area (Å²) in [6.45, 7) is 3.76. The fourth-order valence-corrected chi connectivity index (χ4v) is 0.956. The quantitative estimate of drug-likeness (QED) is 0.534. The highest BCUT2D eigenvalue weighted by Gasteiger charge is 1.98. The van der Waals surface area contributed by atoms with E-state index in [1.165, 1.54) is 0 Å². The lowest BCUT2D eigenvalue weighted by Gasteiger charge is -1.89. The Bertz CT molecular complexity index is 308. The zero-order valence-electron chi connectivity index (χ0n) is 7.07. The first-order valence-corrected chi connectivity index (χ1v) is 4.08. The first-order chi connectivity index (χ1) is 5.74. The molecule has 0 saturated carbocycles. The number of imidazole rings is 1. The van der Waals surface area contributed by atoms with Crippen molar-refractivity contribution in [1.29, 1.82) is 0 Å². The fraction of sp³-hybridized carbons (Fsp3) is 0.250. The highest BCUT2D eigenvalue weighted by atomic mass is 32.1. The second kappa shape index (κ2) is 4.11. The minimum absolute atomic E-state index is 0.769. The van der Waals surface area contributed by atoms with Crippen molar-refractivity contribution in [2.75, 3.05) is 0 Å². The lowest BCUT2D eigenvalue weighted by molar-refractivity contribution is 1.30. The molecule has 1 aromatic rings. The third kappa shape index (κ3) is 2.23. The van der Waals surface area contributed by atoms with E-state index in [0.717, 1.165) is 16.4 Å². The van der Waals surface area contributed by atoms with Gasteiger partial charge in [-0.1, -0.05) is 0 Å². The van der Waals surface area contributed by atoms with E-state index in [-0.39, 0.29) is 0 Å². The van der Waals surface area contributed by atoms with Crippen LogP contribution in [0.5, 0.6) is 0 Å². The van der Waals surface area contributed by atoms with Crippen LogP contribution in [0.1, 0.15) is 19.5 Å². The number of allylic oxidation sites excluding steroid dienone is 1. The van der Waals surface area contributed by atoms with Crippen LogP contribution in [0, 0.1) is 0 Å². The van der Waals surface area contributed by atoms with Crippen molar-refractivity contribution in [2.24, 2.45) is 4.99 Å². The minimum atomic E-state index is 0.769. The fourth-order valence-electron chi connectivity index (χ4n) is 0.834. The van der Waals surface area contributed by atoms with Gasteiger partial charge in [-0.2, -0.15) is 0 Å². The zero-order chi connectivity index (χ0) is 8.97. The van der Waals surface area contributed by atoms with E-state index in [9.17, 15) is 0 Å². The highest BCUT2D eigenvalue weighted by Crippen LogP contribution is 2.17. The van der Waals surface area contributed by atoms with Gasteiger partial charge in [0.2, 0.25) is 0 Å². The van der Waals surface area contributed by atoms with Crippen molar-refractivity contribution in [3.63, 3.8) is 0 Å². The van der Waals surface area contributed by atoms with Gasteiger partial charge < -0.3 is 4.98 Å². The lowest BCUT2D eigenvalue weighted by Crippen LogP contribution is -1.72. The third-order valence-electron chi connectivity index (χ3n) is 1.25. The Kier molecular flexibility index (Phi) is 3.10. The van der Waals surface area contributed by atoms with E-state index in [1.54, 1.807) is 12.5 Å². The van der Waals surface area contributed by atoms with Crippen LogP contribution < -0.4 is 0 Å². The van der Waals surface area contributed by atoms with Gasteiger partial charge in [0, 0.05) is 6.21 Å². The smallest absolute Gasteiger partial charge is 0.156 e. The van der Waals surface area contributed by atoms with Crippen molar-refractivity contribution >= 4 is 30.7 Å². The number of rotatable bonds is 2. The molecule has 0 bridgehead atoms. The van der Waals surface area contributed by atoms with Crippen LogP contribution in [0.2, 0.25) is 0 Å². The first-order valence-electron chi connectivity index (χ1n) is 3.63. The number of nitrogens with zero attached hydrogens (tertiary/aromatic N) is 2. The average Bonchev–Trinajstić information content (AvgIpc) is 2.37. The molecule has 0 radical (unpaired) electrons. The van der Waals surface area contributed by atoms with Crippen LogP contribution in [-0.2, 0) is 0 Å². The largest absolute Gasteiger partial charge is 0.329 e. The van der Waals surface area contributed by atoms with E-state index >= 15 is 0 Å². The van der Waals surface area contributed by atoms with Crippen molar-refractivity contribution < 1.29 is 0 Å². The molecule has 0 aliphatic carbocycles. The molecule has 0 amide bonds. The predicted octanol–water partition coefficient (Wildman–Crippen LogP) is 2.42. The molecular weight excluding hydrogens is 170 g/mol. The van der Waals surface area contributed by atoms with Crippen LogP contribution in [0.3, 0.4) is 0 Å². The molecule has 0 atom stereocenters. The summed E-state index contributed by atoms with van der Waals surface area (Å²) < 4.78 is 0. The molecule has 0 aromatic carbocycles. The Morgan fingerprint density at radius 1 is 1.75 bits per heavy atom. The molecule has 1 N–H and O–H groups in total. The summed E-state index contributed by atoms with van der Waals surface area (Å²) in [5.41, 5.74) is 0.820. The summed E-state index contributed by atoms with van der Waals surface area (Å²) in [7, 11) is 0. The Hall–Kier alpha value is -1.03. The number of hydrogen-bond acceptors (Lipinski definition) is 3. The zero-order valence-corrected chi connectivity index (χ0v) is 7.97. The van der Waals surface area contributed by atoms with E-state index in [2.05, 4.69) is 27.6 Å². The molecule has 0 fully saturated rings. The van der Waals surface area contributed by atoms with E-state index in [4.69, 9.17) is 0 Å². The SMILES string of the molecule is C/C=N\c1[nH]cnc1/C=C(\C)S. The number of aromatic nitrogens is 2. The molecule has 0 unspecified atom stereocenters. The van der Waals surface area contributed by atoms with Gasteiger partial charge in [0.1, 0.15) is 5.69 Å². The number of aliphatic imine (C=N–C) groups is 1. The average molecular weight is 181 g/mol. The van der Waals surface area contributed by atoms with E-state index in [1.807, 2.05) is 19.9 Å². The van der Waals surface area contributed by atoms with Crippen LogP contribution in [0.15, 0.2) is 16.2 Å². The predicted molar refractivity (Wildman–Crippen MR) is 55.1 cm³/mol. The summed E-state index contributed by atoms with van der Waals surface area (Å²) in [5, 5.41) is 0. The van der Waals surface area contributed by atoms with Crippen molar-refractivity contribution in [2.45, 2.75) is 13.8 Å². The lowest BCUT2D eigenvalue weighted by atomic mass is 10.4. The summed E-state index contributed by atoms with van der Waals surface area (Å²) in [5.74, 6) is 0.769. The first kappa shape index (κ1) is 9.06. The molecule has 0 saturated heterocycles. The van der Waals surface area contributed by atoms with Gasteiger partial charge in [0.15, 0.2) is 5.82 Å². The standard InChI is InChI=1S/C8H11N3S/c1-3-9-8-7(4-6(2)12)10-5-11-8/h3-5,12H,1-2H3,(H,10,11)/b6-4+,9-3-. The Balaban J connectivity index is 2.99. The van der Waals surface area contributed by atoms with Crippen molar-refractivity contribution in [3.05, 3.63) is 16.9 Å². The van der Waals surface area contributed by atoms with Crippen LogP contribution in [0.4, 0.5) is 5.82 Å². The monoisotopic (exact) mass is 181 g/mol. The third-order valence-corrected chi connectivity index (χ3v) is 1.38. The molecule has 64 valence electrons. The van der Waals surface area contributed by atoms with Gasteiger partial charge in [0.05, 0.1) is 6.33 Å². The second-order valence-electron chi connectivity index (χ2n) is 2.31. The number of aromatic amines is 1. The number of H-pyrrole nitrogens is 1. The molecule has 3 nitrogen and oxygen atoms in total. The number of hydrogen-bond donors (Lipinski definition) is 2. The molecule has 1 rings (SSSR count). The topological polar surface area (TPSA) is 41.0 Å². The van der Waals surface area contributed by atoms with Crippen LogP contribution >= 0.6 is 12.6 Å². The highest BCUT2D eigenvalue weighted by molar-refractivity contribution is 7.84.